The monoisotopic (exact) mass is 414 g/mol. The van der Waals surface area contributed by atoms with E-state index in [9.17, 15) is 9.59 Å². The summed E-state index contributed by atoms with van der Waals surface area (Å²) in [5, 5.41) is 2.84. The second-order valence-electron chi connectivity index (χ2n) is 8.16. The minimum Gasteiger partial charge on any atom is -0.428 e. The van der Waals surface area contributed by atoms with E-state index >= 15 is 0 Å². The standard InChI is InChI=1S/C19H38N6O4/c1-13(20)24-9-6-8-15(21)17(27)29-12-28-16(26)14(11-19(2,3)4)7-5-10-25-18(22)23/h14-15,24H,1,5-12,20-21H2,2-4H3,(H4,22,23,25). The Labute approximate surface area is 173 Å². The normalized spacial score (nSPS) is 13.1. The first-order valence-corrected chi connectivity index (χ1v) is 9.75. The summed E-state index contributed by atoms with van der Waals surface area (Å²) in [6.07, 6.45) is 2.86. The lowest BCUT2D eigenvalue weighted by atomic mass is 9.83. The highest BCUT2D eigenvalue weighted by Crippen LogP contribution is 2.28. The Morgan fingerprint density at radius 2 is 1.69 bits per heavy atom. The van der Waals surface area contributed by atoms with Crippen LogP contribution in [0.15, 0.2) is 17.4 Å². The number of guanidine groups is 1. The van der Waals surface area contributed by atoms with E-state index in [2.05, 4.69) is 16.9 Å². The predicted molar refractivity (Wildman–Crippen MR) is 113 cm³/mol. The molecule has 168 valence electrons. The van der Waals surface area contributed by atoms with Crippen molar-refractivity contribution in [2.45, 2.75) is 58.9 Å². The van der Waals surface area contributed by atoms with Crippen molar-refractivity contribution in [2.75, 3.05) is 19.9 Å². The number of nitrogens with two attached hydrogens (primary N) is 4. The van der Waals surface area contributed by atoms with Gasteiger partial charge in [-0.15, -0.1) is 0 Å². The quantitative estimate of drug-likeness (QED) is 0.0875. The van der Waals surface area contributed by atoms with E-state index in [0.717, 1.165) is 0 Å². The fourth-order valence-electron chi connectivity index (χ4n) is 2.65. The van der Waals surface area contributed by atoms with Crippen molar-refractivity contribution in [1.29, 1.82) is 0 Å². The van der Waals surface area contributed by atoms with Crippen LogP contribution < -0.4 is 28.3 Å². The number of nitrogens with zero attached hydrogens (tertiary/aromatic N) is 1. The van der Waals surface area contributed by atoms with Gasteiger partial charge in [-0.05, 0) is 37.5 Å². The molecule has 0 heterocycles. The Morgan fingerprint density at radius 1 is 1.07 bits per heavy atom. The van der Waals surface area contributed by atoms with Crippen molar-refractivity contribution in [2.24, 2.45) is 39.3 Å². The number of hydrogen-bond acceptors (Lipinski definition) is 8. The van der Waals surface area contributed by atoms with Crippen LogP contribution in [0.25, 0.3) is 0 Å². The van der Waals surface area contributed by atoms with Crippen molar-refractivity contribution >= 4 is 17.9 Å². The number of hydrogen-bond donors (Lipinski definition) is 5. The van der Waals surface area contributed by atoms with Gasteiger partial charge in [-0.25, -0.2) is 0 Å². The maximum atomic E-state index is 12.4. The van der Waals surface area contributed by atoms with E-state index in [1.165, 1.54) is 0 Å². The van der Waals surface area contributed by atoms with E-state index in [-0.39, 0.29) is 17.3 Å². The zero-order valence-electron chi connectivity index (χ0n) is 17.9. The highest BCUT2D eigenvalue weighted by Gasteiger charge is 2.26. The van der Waals surface area contributed by atoms with E-state index in [1.54, 1.807) is 0 Å². The van der Waals surface area contributed by atoms with Crippen molar-refractivity contribution in [1.82, 2.24) is 5.32 Å². The van der Waals surface area contributed by atoms with Crippen molar-refractivity contribution in [3.8, 4) is 0 Å². The van der Waals surface area contributed by atoms with E-state index in [1.807, 2.05) is 20.8 Å². The summed E-state index contributed by atoms with van der Waals surface area (Å²) in [5.41, 5.74) is 21.7. The van der Waals surface area contributed by atoms with Gasteiger partial charge in [0.25, 0.3) is 0 Å². The van der Waals surface area contributed by atoms with Gasteiger partial charge in [0.1, 0.15) is 6.04 Å². The number of nitrogens with one attached hydrogen (secondary N) is 1. The lowest BCUT2D eigenvalue weighted by molar-refractivity contribution is -0.171. The first-order valence-electron chi connectivity index (χ1n) is 9.75. The molecular weight excluding hydrogens is 376 g/mol. The molecule has 0 aromatic carbocycles. The highest BCUT2D eigenvalue weighted by atomic mass is 16.7. The fourth-order valence-corrected chi connectivity index (χ4v) is 2.65. The summed E-state index contributed by atoms with van der Waals surface area (Å²) < 4.78 is 10.1. The second kappa shape index (κ2) is 13.6. The van der Waals surface area contributed by atoms with Gasteiger partial charge in [-0.2, -0.15) is 0 Å². The Hall–Kier alpha value is -2.49. The molecule has 0 spiro atoms. The van der Waals surface area contributed by atoms with Crippen LogP contribution in [0.2, 0.25) is 0 Å². The molecule has 0 aromatic rings. The number of carbonyl (C=O) groups excluding carboxylic acids is 2. The SMILES string of the molecule is C=C(N)NCCCC(N)C(=O)OCOC(=O)C(CCCN=C(N)N)CC(C)(C)C. The molecule has 10 nitrogen and oxygen atoms in total. The van der Waals surface area contributed by atoms with Crippen LogP contribution in [0.4, 0.5) is 0 Å². The molecule has 0 aliphatic rings. The first-order chi connectivity index (χ1) is 13.4. The molecule has 0 aromatic heterocycles. The largest absolute Gasteiger partial charge is 0.428 e. The Balaban J connectivity index is 4.37. The maximum absolute atomic E-state index is 12.4. The third-order valence-corrected chi connectivity index (χ3v) is 3.95. The molecule has 0 saturated heterocycles. The van der Waals surface area contributed by atoms with Gasteiger partial charge in [0.05, 0.1) is 11.7 Å². The molecular formula is C19H38N6O4. The number of aliphatic imine (C=N–C) groups is 1. The Bertz CT molecular complexity index is 555. The van der Waals surface area contributed by atoms with Crippen LogP contribution in [0.5, 0.6) is 0 Å². The van der Waals surface area contributed by atoms with Crippen LogP contribution in [0, 0.1) is 11.3 Å². The van der Waals surface area contributed by atoms with E-state index in [0.29, 0.717) is 51.0 Å². The molecule has 0 radical (unpaired) electrons. The van der Waals surface area contributed by atoms with Crippen LogP contribution in [0.1, 0.15) is 52.9 Å². The van der Waals surface area contributed by atoms with Crippen LogP contribution >= 0.6 is 0 Å². The summed E-state index contributed by atoms with van der Waals surface area (Å²) in [4.78, 5) is 28.2. The lowest BCUT2D eigenvalue weighted by Crippen LogP contribution is -2.34. The molecule has 0 aliphatic heterocycles. The van der Waals surface area contributed by atoms with Crippen LogP contribution in [0.3, 0.4) is 0 Å². The minimum absolute atomic E-state index is 0.0203. The third kappa shape index (κ3) is 15.1. The second-order valence-corrected chi connectivity index (χ2v) is 8.16. The fraction of sp³-hybridized carbons (Fsp3) is 0.737. The van der Waals surface area contributed by atoms with Gasteiger partial charge in [0, 0.05) is 13.1 Å². The highest BCUT2D eigenvalue weighted by molar-refractivity contribution is 5.76. The van der Waals surface area contributed by atoms with E-state index in [4.69, 9.17) is 32.4 Å². The predicted octanol–water partition coefficient (Wildman–Crippen LogP) is 0.263. The summed E-state index contributed by atoms with van der Waals surface area (Å²) in [6, 6.07) is -0.800. The van der Waals surface area contributed by atoms with Gasteiger partial charge in [0.15, 0.2) is 5.96 Å². The number of carbonyl (C=O) groups is 2. The number of ether oxygens (including phenoxy) is 2. The Kier molecular flexibility index (Phi) is 12.5. The number of rotatable bonds is 14. The van der Waals surface area contributed by atoms with Crippen molar-refractivity contribution in [3.63, 3.8) is 0 Å². The molecule has 0 fully saturated rings. The smallest absolute Gasteiger partial charge is 0.325 e. The van der Waals surface area contributed by atoms with Crippen molar-refractivity contribution < 1.29 is 19.1 Å². The van der Waals surface area contributed by atoms with Gasteiger partial charge >= 0.3 is 11.9 Å². The lowest BCUT2D eigenvalue weighted by Gasteiger charge is -2.24. The summed E-state index contributed by atoms with van der Waals surface area (Å²) >= 11 is 0. The minimum atomic E-state index is -0.800. The van der Waals surface area contributed by atoms with Gasteiger partial charge < -0.3 is 37.7 Å². The topological polar surface area (TPSA) is 181 Å². The molecule has 2 unspecified atom stereocenters. The number of esters is 2. The van der Waals surface area contributed by atoms with Crippen LogP contribution in [-0.4, -0.2) is 43.8 Å². The van der Waals surface area contributed by atoms with Gasteiger partial charge in [0.2, 0.25) is 6.79 Å². The molecule has 0 aliphatic carbocycles. The maximum Gasteiger partial charge on any atom is 0.325 e. The molecule has 2 atom stereocenters. The van der Waals surface area contributed by atoms with Gasteiger partial charge in [-0.1, -0.05) is 27.4 Å². The molecule has 0 bridgehead atoms. The Morgan fingerprint density at radius 3 is 2.24 bits per heavy atom. The van der Waals surface area contributed by atoms with Crippen molar-refractivity contribution in [3.05, 3.63) is 12.4 Å². The zero-order valence-corrected chi connectivity index (χ0v) is 17.9. The average molecular weight is 415 g/mol. The molecule has 0 rings (SSSR count). The summed E-state index contributed by atoms with van der Waals surface area (Å²) in [7, 11) is 0. The van der Waals surface area contributed by atoms with Gasteiger partial charge in [-0.3, -0.25) is 14.6 Å². The molecule has 0 amide bonds. The third-order valence-electron chi connectivity index (χ3n) is 3.95. The summed E-state index contributed by atoms with van der Waals surface area (Å²) in [5.74, 6) is -1.00. The molecule has 9 N–H and O–H groups in total. The van der Waals surface area contributed by atoms with Crippen LogP contribution in [-0.2, 0) is 19.1 Å². The average Bonchev–Trinajstić information content (AvgIpc) is 2.59. The molecule has 0 saturated carbocycles. The first kappa shape index (κ1) is 26.5. The molecule has 29 heavy (non-hydrogen) atoms. The molecule has 10 heteroatoms. The zero-order chi connectivity index (χ0) is 22.4. The van der Waals surface area contributed by atoms with E-state index < -0.39 is 24.8 Å². The summed E-state index contributed by atoms with van der Waals surface area (Å²) in [6.45, 7) is 10.2.